The molecule has 0 bridgehead atoms. The molecule has 2 rings (SSSR count). The summed E-state index contributed by atoms with van der Waals surface area (Å²) in [6, 6.07) is 9.59. The van der Waals surface area contributed by atoms with Crippen molar-refractivity contribution in [3.63, 3.8) is 0 Å². The van der Waals surface area contributed by atoms with E-state index in [-0.39, 0.29) is 6.10 Å². The molecule has 17 heavy (non-hydrogen) atoms. The van der Waals surface area contributed by atoms with E-state index >= 15 is 0 Å². The first kappa shape index (κ1) is 12.1. The van der Waals surface area contributed by atoms with E-state index in [4.69, 9.17) is 14.7 Å². The molecule has 0 radical (unpaired) electrons. The summed E-state index contributed by atoms with van der Waals surface area (Å²) in [5.74, 6) is 0. The number of hydrogen-bond donors (Lipinski definition) is 0. The largest absolute Gasteiger partial charge is 0.376 e. The van der Waals surface area contributed by atoms with Crippen LogP contribution < -0.4 is 0 Å². The molecule has 1 unspecified atom stereocenters. The third-order valence-corrected chi connectivity index (χ3v) is 2.93. The van der Waals surface area contributed by atoms with Gasteiger partial charge in [-0.25, -0.2) is 0 Å². The van der Waals surface area contributed by atoms with E-state index in [9.17, 15) is 0 Å². The topological polar surface area (TPSA) is 42.2 Å². The average Bonchev–Trinajstić information content (AvgIpc) is 2.41. The first-order valence-electron chi connectivity index (χ1n) is 6.07. The highest BCUT2D eigenvalue weighted by Gasteiger charge is 2.13. The highest BCUT2D eigenvalue weighted by molar-refractivity contribution is 5.31. The van der Waals surface area contributed by atoms with Crippen LogP contribution in [0.5, 0.6) is 0 Å². The fourth-order valence-electron chi connectivity index (χ4n) is 1.92. The van der Waals surface area contributed by atoms with Gasteiger partial charge in [0.1, 0.15) is 0 Å². The van der Waals surface area contributed by atoms with Crippen molar-refractivity contribution in [3.8, 4) is 6.07 Å². The molecule has 1 aliphatic heterocycles. The molecule has 0 spiro atoms. The molecule has 90 valence electrons. The second kappa shape index (κ2) is 6.39. The number of rotatable bonds is 4. The maximum atomic E-state index is 8.68. The van der Waals surface area contributed by atoms with Crippen molar-refractivity contribution in [1.29, 1.82) is 5.26 Å². The van der Waals surface area contributed by atoms with Gasteiger partial charge in [0, 0.05) is 6.61 Å². The van der Waals surface area contributed by atoms with Crippen molar-refractivity contribution in [2.24, 2.45) is 0 Å². The average molecular weight is 231 g/mol. The second-order valence-electron chi connectivity index (χ2n) is 4.31. The molecule has 0 amide bonds. The molecule has 1 fully saturated rings. The van der Waals surface area contributed by atoms with Gasteiger partial charge in [0.15, 0.2) is 0 Å². The Kier molecular flexibility index (Phi) is 4.54. The number of nitrogens with zero attached hydrogens (tertiary/aromatic N) is 1. The number of benzene rings is 1. The zero-order chi connectivity index (χ0) is 11.9. The van der Waals surface area contributed by atoms with Gasteiger partial charge in [-0.1, -0.05) is 12.1 Å². The second-order valence-corrected chi connectivity index (χ2v) is 4.31. The Morgan fingerprint density at radius 1 is 1.29 bits per heavy atom. The molecule has 3 heteroatoms. The van der Waals surface area contributed by atoms with Gasteiger partial charge >= 0.3 is 0 Å². The molecule has 1 saturated heterocycles. The lowest BCUT2D eigenvalue weighted by Gasteiger charge is -2.22. The van der Waals surface area contributed by atoms with Crippen LogP contribution >= 0.6 is 0 Å². The lowest BCUT2D eigenvalue weighted by atomic mass is 10.1. The molecular formula is C14H17NO2. The molecule has 1 atom stereocenters. The third-order valence-electron chi connectivity index (χ3n) is 2.93. The van der Waals surface area contributed by atoms with Crippen LogP contribution in [0.1, 0.15) is 30.4 Å². The first-order chi connectivity index (χ1) is 8.38. The van der Waals surface area contributed by atoms with Crippen molar-refractivity contribution in [2.45, 2.75) is 32.0 Å². The molecule has 0 aliphatic carbocycles. The minimum atomic E-state index is 0.266. The number of ether oxygens (including phenoxy) is 2. The summed E-state index contributed by atoms with van der Waals surface area (Å²) in [5.41, 5.74) is 1.78. The van der Waals surface area contributed by atoms with E-state index in [0.717, 1.165) is 18.6 Å². The Balaban J connectivity index is 1.72. The summed E-state index contributed by atoms with van der Waals surface area (Å²) >= 11 is 0. The normalized spacial score (nSPS) is 19.8. The molecule has 0 N–H and O–H groups in total. The molecule has 0 saturated carbocycles. The Hall–Kier alpha value is -1.37. The molecular weight excluding hydrogens is 214 g/mol. The van der Waals surface area contributed by atoms with E-state index in [1.807, 2.05) is 24.3 Å². The van der Waals surface area contributed by atoms with E-state index in [2.05, 4.69) is 6.07 Å². The monoisotopic (exact) mass is 231 g/mol. The minimum absolute atomic E-state index is 0.266. The highest BCUT2D eigenvalue weighted by Crippen LogP contribution is 2.13. The summed E-state index contributed by atoms with van der Waals surface area (Å²) < 4.78 is 11.2. The van der Waals surface area contributed by atoms with E-state index in [1.165, 1.54) is 12.8 Å². The maximum Gasteiger partial charge on any atom is 0.0991 e. The Labute approximate surface area is 102 Å². The Morgan fingerprint density at radius 3 is 2.76 bits per heavy atom. The fourth-order valence-corrected chi connectivity index (χ4v) is 1.92. The van der Waals surface area contributed by atoms with Crippen LogP contribution in [-0.4, -0.2) is 19.3 Å². The predicted octanol–water partition coefficient (Wildman–Crippen LogP) is 2.64. The van der Waals surface area contributed by atoms with Crippen LogP contribution in [0, 0.1) is 11.3 Å². The standard InChI is InChI=1S/C14H17NO2/c15-9-12-4-6-13(7-5-12)10-16-11-14-3-1-2-8-17-14/h4-7,14H,1-3,8,10-11H2. The van der Waals surface area contributed by atoms with Crippen molar-refractivity contribution >= 4 is 0 Å². The Morgan fingerprint density at radius 2 is 2.12 bits per heavy atom. The summed E-state index contributed by atoms with van der Waals surface area (Å²) in [4.78, 5) is 0. The van der Waals surface area contributed by atoms with Gasteiger partial charge in [-0.3, -0.25) is 0 Å². The lowest BCUT2D eigenvalue weighted by Crippen LogP contribution is -2.24. The van der Waals surface area contributed by atoms with Gasteiger partial charge < -0.3 is 9.47 Å². The van der Waals surface area contributed by atoms with Gasteiger partial charge in [-0.2, -0.15) is 5.26 Å². The fraction of sp³-hybridized carbons (Fsp3) is 0.500. The summed E-state index contributed by atoms with van der Waals surface area (Å²) in [6.07, 6.45) is 3.78. The quantitative estimate of drug-likeness (QED) is 0.800. The molecule has 1 aromatic carbocycles. The van der Waals surface area contributed by atoms with Crippen LogP contribution in [0.3, 0.4) is 0 Å². The predicted molar refractivity (Wildman–Crippen MR) is 64.4 cm³/mol. The summed E-state index contributed by atoms with van der Waals surface area (Å²) in [6.45, 7) is 2.12. The maximum absolute atomic E-state index is 8.68. The van der Waals surface area contributed by atoms with Gasteiger partial charge in [0.05, 0.1) is 31.0 Å². The lowest BCUT2D eigenvalue weighted by molar-refractivity contribution is -0.0447. The molecule has 1 aromatic rings. The van der Waals surface area contributed by atoms with Gasteiger partial charge in [-0.15, -0.1) is 0 Å². The zero-order valence-electron chi connectivity index (χ0n) is 9.89. The number of nitriles is 1. The zero-order valence-corrected chi connectivity index (χ0v) is 9.89. The third kappa shape index (κ3) is 3.85. The molecule has 1 aliphatic rings. The summed E-state index contributed by atoms with van der Waals surface area (Å²) in [5, 5.41) is 8.68. The van der Waals surface area contributed by atoms with Gasteiger partial charge in [0.25, 0.3) is 0 Å². The van der Waals surface area contributed by atoms with Crippen LogP contribution in [-0.2, 0) is 16.1 Å². The minimum Gasteiger partial charge on any atom is -0.376 e. The van der Waals surface area contributed by atoms with Crippen LogP contribution in [0.15, 0.2) is 24.3 Å². The van der Waals surface area contributed by atoms with Gasteiger partial charge in [-0.05, 0) is 37.0 Å². The van der Waals surface area contributed by atoms with Gasteiger partial charge in [0.2, 0.25) is 0 Å². The van der Waals surface area contributed by atoms with E-state index in [1.54, 1.807) is 0 Å². The van der Waals surface area contributed by atoms with Crippen LogP contribution in [0.25, 0.3) is 0 Å². The highest BCUT2D eigenvalue weighted by atomic mass is 16.5. The smallest absolute Gasteiger partial charge is 0.0991 e. The van der Waals surface area contributed by atoms with E-state index < -0.39 is 0 Å². The molecule has 0 aromatic heterocycles. The van der Waals surface area contributed by atoms with Crippen molar-refractivity contribution in [1.82, 2.24) is 0 Å². The van der Waals surface area contributed by atoms with Crippen molar-refractivity contribution in [2.75, 3.05) is 13.2 Å². The first-order valence-corrected chi connectivity index (χ1v) is 6.07. The van der Waals surface area contributed by atoms with E-state index in [0.29, 0.717) is 18.8 Å². The molecule has 3 nitrogen and oxygen atoms in total. The van der Waals surface area contributed by atoms with Crippen LogP contribution in [0.2, 0.25) is 0 Å². The SMILES string of the molecule is N#Cc1ccc(COCC2CCCCO2)cc1. The summed E-state index contributed by atoms with van der Waals surface area (Å²) in [7, 11) is 0. The van der Waals surface area contributed by atoms with Crippen molar-refractivity contribution in [3.05, 3.63) is 35.4 Å². The number of hydrogen-bond acceptors (Lipinski definition) is 3. The molecule has 1 heterocycles. The van der Waals surface area contributed by atoms with Crippen molar-refractivity contribution < 1.29 is 9.47 Å². The van der Waals surface area contributed by atoms with Crippen LogP contribution in [0.4, 0.5) is 0 Å². The Bertz CT molecular complexity index is 374.